The highest BCUT2D eigenvalue weighted by Crippen LogP contribution is 2.72. The molecule has 7 nitrogen and oxygen atoms in total. The van der Waals surface area contributed by atoms with E-state index in [1.807, 2.05) is 32.9 Å². The smallest absolute Gasteiger partial charge is 0.407 e. The molecule has 33 heavy (non-hydrogen) atoms. The highest BCUT2D eigenvalue weighted by molar-refractivity contribution is 5.95. The minimum absolute atomic E-state index is 0.0141. The summed E-state index contributed by atoms with van der Waals surface area (Å²) in [5.41, 5.74) is -1.46. The normalized spacial score (nSPS) is 46.5. The van der Waals surface area contributed by atoms with E-state index in [0.29, 0.717) is 18.0 Å². The highest BCUT2D eigenvalue weighted by atomic mass is 16.7. The van der Waals surface area contributed by atoms with E-state index < -0.39 is 35.1 Å². The van der Waals surface area contributed by atoms with Gasteiger partial charge in [0.25, 0.3) is 0 Å². The average molecular weight is 460 g/mol. The van der Waals surface area contributed by atoms with Crippen molar-refractivity contribution in [3.63, 3.8) is 0 Å². The summed E-state index contributed by atoms with van der Waals surface area (Å²) in [6, 6.07) is 0. The number of Topliss-reactive ketones (excluding diaryl/α,β-unsaturated/α-hetero) is 1. The molecule has 4 aliphatic carbocycles. The van der Waals surface area contributed by atoms with Crippen molar-refractivity contribution in [1.82, 2.24) is 5.32 Å². The third-order valence-electron chi connectivity index (χ3n) is 9.22. The van der Waals surface area contributed by atoms with Crippen LogP contribution < -0.4 is 5.32 Å². The van der Waals surface area contributed by atoms with Crippen molar-refractivity contribution in [2.45, 2.75) is 78.5 Å². The second-order valence-corrected chi connectivity index (χ2v) is 11.8. The van der Waals surface area contributed by atoms with Crippen LogP contribution in [0.2, 0.25) is 0 Å². The Hall–Kier alpha value is -1.70. The fourth-order valence-corrected chi connectivity index (χ4v) is 7.59. The van der Waals surface area contributed by atoms with Crippen LogP contribution in [0, 0.1) is 34.5 Å². The third kappa shape index (κ3) is 2.85. The molecule has 0 aromatic heterocycles. The van der Waals surface area contributed by atoms with Gasteiger partial charge in [-0.05, 0) is 68.4 Å². The summed E-state index contributed by atoms with van der Waals surface area (Å²) in [6.45, 7) is 14.5. The number of alkyl carbamates (subject to hydrolysis) is 1. The first-order valence-electron chi connectivity index (χ1n) is 12.2. The fourth-order valence-electron chi connectivity index (χ4n) is 7.59. The van der Waals surface area contributed by atoms with Crippen molar-refractivity contribution in [3.8, 4) is 0 Å². The van der Waals surface area contributed by atoms with Crippen LogP contribution in [0.3, 0.4) is 0 Å². The molecule has 2 saturated carbocycles. The monoisotopic (exact) mass is 459 g/mol. The summed E-state index contributed by atoms with van der Waals surface area (Å²) >= 11 is 0. The number of ketones is 1. The van der Waals surface area contributed by atoms with Gasteiger partial charge >= 0.3 is 6.09 Å². The van der Waals surface area contributed by atoms with E-state index in [-0.39, 0.29) is 35.6 Å². The molecule has 1 aliphatic heterocycles. The number of aliphatic hydroxyl groups is 1. The molecule has 5 rings (SSSR count). The molecule has 5 aliphatic rings. The van der Waals surface area contributed by atoms with Crippen LogP contribution in [0.5, 0.6) is 0 Å². The fraction of sp³-hybridized carbons (Fsp3) is 0.769. The molecule has 182 valence electrons. The number of rotatable bonds is 2. The van der Waals surface area contributed by atoms with Crippen LogP contribution in [0.1, 0.15) is 54.9 Å². The van der Waals surface area contributed by atoms with E-state index in [1.54, 1.807) is 6.92 Å². The van der Waals surface area contributed by atoms with Gasteiger partial charge in [-0.15, -0.1) is 0 Å². The van der Waals surface area contributed by atoms with Crippen molar-refractivity contribution in [1.29, 1.82) is 0 Å². The maximum atomic E-state index is 14.5. The Bertz CT molecular complexity index is 966. The first-order chi connectivity index (χ1) is 15.3. The molecular weight excluding hydrogens is 422 g/mol. The number of carbonyl (C=O) groups is 2. The summed E-state index contributed by atoms with van der Waals surface area (Å²) in [5.74, 6) is -0.795. The number of hydrogen-bond acceptors (Lipinski definition) is 6. The van der Waals surface area contributed by atoms with Gasteiger partial charge in [0.05, 0.1) is 12.0 Å². The Labute approximate surface area is 195 Å². The molecule has 1 spiro atoms. The number of allylic oxidation sites excluding steroid dienone is 1. The van der Waals surface area contributed by atoms with E-state index in [9.17, 15) is 14.7 Å². The Morgan fingerprint density at radius 2 is 2.00 bits per heavy atom. The molecule has 2 N–H and O–H groups in total. The molecule has 0 unspecified atom stereocenters. The van der Waals surface area contributed by atoms with Gasteiger partial charge < -0.3 is 24.6 Å². The lowest BCUT2D eigenvalue weighted by Crippen LogP contribution is -2.68. The molecule has 2 bridgehead atoms. The van der Waals surface area contributed by atoms with E-state index in [0.717, 1.165) is 12.0 Å². The van der Waals surface area contributed by atoms with Crippen LogP contribution in [0.4, 0.5) is 4.79 Å². The zero-order valence-electron chi connectivity index (χ0n) is 20.7. The van der Waals surface area contributed by atoms with Gasteiger partial charge in [-0.3, -0.25) is 4.79 Å². The Morgan fingerprint density at radius 3 is 2.67 bits per heavy atom. The van der Waals surface area contributed by atoms with Gasteiger partial charge in [0.2, 0.25) is 0 Å². The minimum atomic E-state index is -1.76. The molecule has 1 amide bonds. The second-order valence-electron chi connectivity index (χ2n) is 11.8. The molecule has 1 heterocycles. The van der Waals surface area contributed by atoms with Crippen molar-refractivity contribution in [2.75, 3.05) is 13.2 Å². The molecule has 7 heteroatoms. The number of nitrogens with one attached hydrogen (secondary N) is 1. The number of fused-ring (bicyclic) bond motifs is 5. The summed E-state index contributed by atoms with van der Waals surface area (Å²) in [5, 5.41) is 15.4. The molecule has 8 atom stereocenters. The Balaban J connectivity index is 1.71. The van der Waals surface area contributed by atoms with E-state index in [4.69, 9.17) is 14.2 Å². The maximum absolute atomic E-state index is 14.5. The standard InChI is InChI=1S/C26H37NO6/c1-8-27-22(29)32-20-13(2)11-25-14(3)9-17-18(23(17,4)5)16(19(25)28)10-15-12-31-24(6,7)33-21(15)26(20,25)30/h10-11,14,16-18,20-21,30H,8-9,12H2,1-7H3,(H,27,29)/t14-,16+,17-,18+,20+,21-,25+,26-/m1/s1. The van der Waals surface area contributed by atoms with Gasteiger partial charge in [-0.25, -0.2) is 4.79 Å². The van der Waals surface area contributed by atoms with Crippen molar-refractivity contribution in [3.05, 3.63) is 23.3 Å². The van der Waals surface area contributed by atoms with Gasteiger partial charge in [0.15, 0.2) is 23.3 Å². The molecule has 0 radical (unpaired) electrons. The average Bonchev–Trinajstić information content (AvgIpc) is 3.21. The number of ether oxygens (including phenoxy) is 3. The predicted molar refractivity (Wildman–Crippen MR) is 121 cm³/mol. The van der Waals surface area contributed by atoms with E-state index in [1.165, 1.54) is 0 Å². The number of amides is 1. The lowest BCUT2D eigenvalue weighted by molar-refractivity contribution is -0.302. The van der Waals surface area contributed by atoms with Crippen molar-refractivity contribution in [2.24, 2.45) is 34.5 Å². The van der Waals surface area contributed by atoms with Crippen LogP contribution in [-0.4, -0.2) is 53.7 Å². The van der Waals surface area contributed by atoms with Crippen LogP contribution in [0.15, 0.2) is 23.3 Å². The van der Waals surface area contributed by atoms with E-state index in [2.05, 4.69) is 26.1 Å². The van der Waals surface area contributed by atoms with Gasteiger partial charge in [0, 0.05) is 12.5 Å². The zero-order valence-corrected chi connectivity index (χ0v) is 20.7. The summed E-state index contributed by atoms with van der Waals surface area (Å²) in [4.78, 5) is 27.0. The van der Waals surface area contributed by atoms with Crippen LogP contribution in [0.25, 0.3) is 0 Å². The number of hydrogen-bond donors (Lipinski definition) is 2. The molecule has 1 saturated heterocycles. The first kappa shape index (κ1) is 23.1. The minimum Gasteiger partial charge on any atom is -0.438 e. The van der Waals surface area contributed by atoms with Gasteiger partial charge in [-0.1, -0.05) is 32.9 Å². The predicted octanol–water partition coefficient (Wildman–Crippen LogP) is 3.37. The lowest BCUT2D eigenvalue weighted by Gasteiger charge is -2.52. The van der Waals surface area contributed by atoms with Crippen LogP contribution in [-0.2, 0) is 19.0 Å². The molecule has 3 fully saturated rings. The highest BCUT2D eigenvalue weighted by Gasteiger charge is 2.77. The maximum Gasteiger partial charge on any atom is 0.407 e. The van der Waals surface area contributed by atoms with Crippen molar-refractivity contribution < 1.29 is 28.9 Å². The van der Waals surface area contributed by atoms with Gasteiger partial charge in [-0.2, -0.15) is 0 Å². The molecule has 0 aromatic carbocycles. The number of carbonyl (C=O) groups excluding carboxylic acids is 2. The largest absolute Gasteiger partial charge is 0.438 e. The third-order valence-corrected chi connectivity index (χ3v) is 9.22. The SMILES string of the molecule is CCNC(=O)O[C@H]1C(C)=C[C@]23C(=O)[C@@H](C=C4COC(C)(C)O[C@H]4[C@]12O)[C@H]1[C@@H](C[C@H]3C)C1(C)C. The Morgan fingerprint density at radius 1 is 1.30 bits per heavy atom. The Kier molecular flexibility index (Phi) is 4.84. The molecule has 0 aromatic rings. The quantitative estimate of drug-likeness (QED) is 0.615. The topological polar surface area (TPSA) is 94.1 Å². The summed E-state index contributed by atoms with van der Waals surface area (Å²) in [6.07, 6.45) is 2.29. The summed E-state index contributed by atoms with van der Waals surface area (Å²) in [7, 11) is 0. The second kappa shape index (κ2) is 6.92. The van der Waals surface area contributed by atoms with Gasteiger partial charge in [0.1, 0.15) is 6.10 Å². The molecular formula is C26H37NO6. The van der Waals surface area contributed by atoms with Crippen molar-refractivity contribution >= 4 is 11.9 Å². The van der Waals surface area contributed by atoms with Crippen LogP contribution >= 0.6 is 0 Å². The first-order valence-corrected chi connectivity index (χ1v) is 12.2. The zero-order chi connectivity index (χ0) is 24.1. The summed E-state index contributed by atoms with van der Waals surface area (Å²) < 4.78 is 18.2. The van der Waals surface area contributed by atoms with E-state index >= 15 is 0 Å². The lowest BCUT2D eigenvalue weighted by atomic mass is 9.59.